The molecule has 5 heteroatoms. The van der Waals surface area contributed by atoms with Crippen molar-refractivity contribution in [1.82, 2.24) is 0 Å². The van der Waals surface area contributed by atoms with E-state index in [1.54, 1.807) is 17.0 Å². The van der Waals surface area contributed by atoms with Crippen molar-refractivity contribution in [1.29, 1.82) is 0 Å². The molecule has 0 atom stereocenters. The molecule has 0 unspecified atom stereocenters. The van der Waals surface area contributed by atoms with Crippen LogP contribution in [0.15, 0.2) is 69.6 Å². The standard InChI is InChI=1S/C21H14BrNO3/c22-15-6-9-20-18(11-15)19(10-14-4-2-1-3-5-14)21(25)23(20)12-16-7-8-17(13-24)26-16/h1-11,13H,12H2/b19-10+. The van der Waals surface area contributed by atoms with E-state index in [1.807, 2.05) is 54.6 Å². The Kier molecular flexibility index (Phi) is 4.31. The molecule has 0 saturated heterocycles. The van der Waals surface area contributed by atoms with Gasteiger partial charge in [-0.05, 0) is 42.0 Å². The molecule has 0 spiro atoms. The van der Waals surface area contributed by atoms with Crippen LogP contribution in [-0.2, 0) is 11.3 Å². The van der Waals surface area contributed by atoms with Crippen LogP contribution in [0.25, 0.3) is 11.6 Å². The zero-order chi connectivity index (χ0) is 18.1. The van der Waals surface area contributed by atoms with Gasteiger partial charge in [-0.25, -0.2) is 0 Å². The number of benzene rings is 2. The molecule has 0 radical (unpaired) electrons. The van der Waals surface area contributed by atoms with Gasteiger partial charge in [0, 0.05) is 15.6 Å². The molecule has 1 amide bonds. The second-order valence-electron chi connectivity index (χ2n) is 5.94. The average molecular weight is 408 g/mol. The van der Waals surface area contributed by atoms with Crippen LogP contribution in [0.3, 0.4) is 0 Å². The molecule has 1 aliphatic rings. The number of fused-ring (bicyclic) bond motifs is 1. The van der Waals surface area contributed by atoms with E-state index in [0.29, 0.717) is 17.6 Å². The third kappa shape index (κ3) is 3.02. The molecule has 0 N–H and O–H groups in total. The minimum atomic E-state index is -0.0917. The van der Waals surface area contributed by atoms with Gasteiger partial charge < -0.3 is 9.32 Å². The smallest absolute Gasteiger partial charge is 0.259 e. The predicted molar refractivity (Wildman–Crippen MR) is 104 cm³/mol. The van der Waals surface area contributed by atoms with Gasteiger partial charge in [0.15, 0.2) is 12.0 Å². The van der Waals surface area contributed by atoms with Crippen molar-refractivity contribution < 1.29 is 14.0 Å². The number of rotatable bonds is 4. The molecular weight excluding hydrogens is 394 g/mol. The summed E-state index contributed by atoms with van der Waals surface area (Å²) in [5.41, 5.74) is 3.29. The van der Waals surface area contributed by atoms with Crippen LogP contribution in [0.1, 0.15) is 27.4 Å². The highest BCUT2D eigenvalue weighted by atomic mass is 79.9. The zero-order valence-corrected chi connectivity index (χ0v) is 15.3. The molecule has 4 rings (SSSR count). The number of hydrogen-bond donors (Lipinski definition) is 0. The summed E-state index contributed by atoms with van der Waals surface area (Å²) < 4.78 is 6.35. The molecule has 26 heavy (non-hydrogen) atoms. The topological polar surface area (TPSA) is 50.5 Å². The number of anilines is 1. The van der Waals surface area contributed by atoms with Gasteiger partial charge in [0.2, 0.25) is 0 Å². The molecule has 2 heterocycles. The van der Waals surface area contributed by atoms with Crippen LogP contribution in [0.5, 0.6) is 0 Å². The Balaban J connectivity index is 1.76. The summed E-state index contributed by atoms with van der Waals surface area (Å²) in [6.45, 7) is 0.271. The number of carbonyl (C=O) groups is 2. The second kappa shape index (κ2) is 6.77. The van der Waals surface area contributed by atoms with Crippen LogP contribution in [0.4, 0.5) is 5.69 Å². The number of hydrogen-bond acceptors (Lipinski definition) is 3. The van der Waals surface area contributed by atoms with E-state index in [9.17, 15) is 9.59 Å². The zero-order valence-electron chi connectivity index (χ0n) is 13.7. The van der Waals surface area contributed by atoms with Gasteiger partial charge in [0.1, 0.15) is 5.76 Å². The Morgan fingerprint density at radius 1 is 1.04 bits per heavy atom. The molecule has 0 fully saturated rings. The maximum Gasteiger partial charge on any atom is 0.259 e. The van der Waals surface area contributed by atoms with Crippen molar-refractivity contribution >= 4 is 45.5 Å². The van der Waals surface area contributed by atoms with Crippen LogP contribution in [0, 0.1) is 0 Å². The summed E-state index contributed by atoms with van der Waals surface area (Å²) in [7, 11) is 0. The highest BCUT2D eigenvalue weighted by Gasteiger charge is 2.33. The predicted octanol–water partition coefficient (Wildman–Crippen LogP) is 4.94. The molecule has 4 nitrogen and oxygen atoms in total. The van der Waals surface area contributed by atoms with Crippen molar-refractivity contribution in [3.63, 3.8) is 0 Å². The molecular formula is C21H14BrNO3. The van der Waals surface area contributed by atoms with Crippen molar-refractivity contribution in [2.75, 3.05) is 4.90 Å². The normalized spacial score (nSPS) is 14.7. The van der Waals surface area contributed by atoms with E-state index >= 15 is 0 Å². The van der Waals surface area contributed by atoms with Gasteiger partial charge in [-0.1, -0.05) is 46.3 Å². The van der Waals surface area contributed by atoms with Crippen molar-refractivity contribution in [2.45, 2.75) is 6.54 Å². The van der Waals surface area contributed by atoms with Gasteiger partial charge in [-0.3, -0.25) is 9.59 Å². The third-order valence-electron chi connectivity index (χ3n) is 4.24. The minimum Gasteiger partial charge on any atom is -0.456 e. The highest BCUT2D eigenvalue weighted by Crippen LogP contribution is 2.40. The van der Waals surface area contributed by atoms with E-state index in [4.69, 9.17) is 4.42 Å². The van der Waals surface area contributed by atoms with Gasteiger partial charge in [0.05, 0.1) is 12.2 Å². The number of nitrogens with zero attached hydrogens (tertiary/aromatic N) is 1. The van der Waals surface area contributed by atoms with Gasteiger partial charge in [-0.15, -0.1) is 0 Å². The maximum absolute atomic E-state index is 13.1. The van der Waals surface area contributed by atoms with E-state index in [-0.39, 0.29) is 18.2 Å². The van der Waals surface area contributed by atoms with Crippen molar-refractivity contribution in [2.24, 2.45) is 0 Å². The summed E-state index contributed by atoms with van der Waals surface area (Å²) in [5.74, 6) is 0.726. The molecule has 0 bridgehead atoms. The van der Waals surface area contributed by atoms with Crippen LogP contribution in [0.2, 0.25) is 0 Å². The summed E-state index contributed by atoms with van der Waals surface area (Å²) in [4.78, 5) is 25.6. The number of furan rings is 1. The Hall–Kier alpha value is -2.92. The first-order chi connectivity index (χ1) is 12.7. The van der Waals surface area contributed by atoms with E-state index < -0.39 is 0 Å². The van der Waals surface area contributed by atoms with Crippen molar-refractivity contribution in [3.05, 3.63) is 87.8 Å². The summed E-state index contributed by atoms with van der Waals surface area (Å²) in [6.07, 6.45) is 2.55. The van der Waals surface area contributed by atoms with E-state index in [0.717, 1.165) is 21.3 Å². The second-order valence-corrected chi connectivity index (χ2v) is 6.86. The molecule has 2 aromatic carbocycles. The summed E-state index contributed by atoms with van der Waals surface area (Å²) >= 11 is 3.48. The number of aldehydes is 1. The molecule has 128 valence electrons. The molecule has 3 aromatic rings. The lowest BCUT2D eigenvalue weighted by Crippen LogP contribution is -2.25. The summed E-state index contributed by atoms with van der Waals surface area (Å²) in [6, 6.07) is 18.8. The Morgan fingerprint density at radius 3 is 2.58 bits per heavy atom. The van der Waals surface area contributed by atoms with Gasteiger partial charge >= 0.3 is 0 Å². The fourth-order valence-corrected chi connectivity index (χ4v) is 3.40. The van der Waals surface area contributed by atoms with Crippen molar-refractivity contribution in [3.8, 4) is 0 Å². The lowest BCUT2D eigenvalue weighted by atomic mass is 10.0. The summed E-state index contributed by atoms with van der Waals surface area (Å²) in [5, 5.41) is 0. The molecule has 0 aliphatic carbocycles. The van der Waals surface area contributed by atoms with Crippen LogP contribution in [-0.4, -0.2) is 12.2 Å². The van der Waals surface area contributed by atoms with E-state index in [2.05, 4.69) is 15.9 Å². The number of halogens is 1. The quantitative estimate of drug-likeness (QED) is 0.454. The fourth-order valence-electron chi connectivity index (χ4n) is 3.04. The molecule has 1 aliphatic heterocycles. The Bertz CT molecular complexity index is 1020. The SMILES string of the molecule is O=Cc1ccc(CN2C(=O)/C(=C/c3ccccc3)c3cc(Br)ccc32)o1. The third-order valence-corrected chi connectivity index (χ3v) is 4.73. The molecule has 1 aromatic heterocycles. The van der Waals surface area contributed by atoms with Gasteiger partial charge in [-0.2, -0.15) is 0 Å². The fraction of sp³-hybridized carbons (Fsp3) is 0.0476. The van der Waals surface area contributed by atoms with Crippen LogP contribution < -0.4 is 4.90 Å². The monoisotopic (exact) mass is 407 g/mol. The largest absolute Gasteiger partial charge is 0.456 e. The van der Waals surface area contributed by atoms with Gasteiger partial charge in [0.25, 0.3) is 5.91 Å². The van der Waals surface area contributed by atoms with Crippen LogP contribution >= 0.6 is 15.9 Å². The first kappa shape index (κ1) is 16.5. The Labute approximate surface area is 158 Å². The lowest BCUT2D eigenvalue weighted by Gasteiger charge is -2.15. The average Bonchev–Trinajstić information content (AvgIpc) is 3.21. The lowest BCUT2D eigenvalue weighted by molar-refractivity contribution is -0.113. The highest BCUT2D eigenvalue weighted by molar-refractivity contribution is 9.10. The number of carbonyl (C=O) groups excluding carboxylic acids is 2. The Morgan fingerprint density at radius 2 is 1.85 bits per heavy atom. The first-order valence-corrected chi connectivity index (χ1v) is 8.87. The molecule has 0 saturated carbocycles. The maximum atomic E-state index is 13.1. The van der Waals surface area contributed by atoms with E-state index in [1.165, 1.54) is 0 Å². The minimum absolute atomic E-state index is 0.0917. The number of amides is 1. The first-order valence-electron chi connectivity index (χ1n) is 8.08.